The second kappa shape index (κ2) is 4.06. The van der Waals surface area contributed by atoms with Crippen LogP contribution in [0.15, 0.2) is 0 Å². The molecule has 18 heavy (non-hydrogen) atoms. The molecule has 0 spiro atoms. The molecular formula is C14H22BrNO2. The van der Waals surface area contributed by atoms with E-state index in [2.05, 4.69) is 35.1 Å². The lowest BCUT2D eigenvalue weighted by Gasteiger charge is -2.39. The SMILES string of the molecule is CCCNC(=O)[C@]12CC[C@@](C)(C(=O)[C@@H]1Br)C2(C)C. The number of Topliss-reactive ketones (excluding diaryl/α,β-unsaturated/α-hetero) is 1. The standard InChI is InChI=1S/C14H22BrNO2/c1-5-8-16-11(18)14-7-6-13(4,12(14,2)3)10(17)9(14)15/h9H,5-8H2,1-4H3,(H,16,18)/t9-,13-,14-/m0/s1. The van der Waals surface area contributed by atoms with Crippen LogP contribution in [-0.2, 0) is 9.59 Å². The zero-order valence-corrected chi connectivity index (χ0v) is 13.2. The number of alkyl halides is 1. The average molecular weight is 316 g/mol. The summed E-state index contributed by atoms with van der Waals surface area (Å²) in [6.07, 6.45) is 2.54. The van der Waals surface area contributed by atoms with Crippen molar-refractivity contribution in [3.8, 4) is 0 Å². The summed E-state index contributed by atoms with van der Waals surface area (Å²) in [5, 5.41) is 3.00. The van der Waals surface area contributed by atoms with Gasteiger partial charge in [0.2, 0.25) is 5.91 Å². The lowest BCUT2D eigenvalue weighted by molar-refractivity contribution is -0.135. The predicted octanol–water partition coefficient (Wildman–Crippen LogP) is 2.67. The molecule has 2 aliphatic carbocycles. The molecule has 2 fully saturated rings. The number of halogens is 1. The predicted molar refractivity (Wildman–Crippen MR) is 74.6 cm³/mol. The van der Waals surface area contributed by atoms with Crippen molar-refractivity contribution in [1.29, 1.82) is 0 Å². The number of nitrogens with one attached hydrogen (secondary N) is 1. The van der Waals surface area contributed by atoms with Crippen molar-refractivity contribution in [2.45, 2.75) is 51.8 Å². The maximum Gasteiger partial charge on any atom is 0.228 e. The second-order valence-corrected chi connectivity index (χ2v) is 7.33. The summed E-state index contributed by atoms with van der Waals surface area (Å²) in [6, 6.07) is 0. The number of amides is 1. The maximum absolute atomic E-state index is 12.6. The zero-order valence-electron chi connectivity index (χ0n) is 11.6. The van der Waals surface area contributed by atoms with E-state index >= 15 is 0 Å². The molecule has 1 amide bonds. The van der Waals surface area contributed by atoms with E-state index in [1.165, 1.54) is 0 Å². The normalized spacial score (nSPS) is 41.2. The van der Waals surface area contributed by atoms with Gasteiger partial charge in [0.1, 0.15) is 0 Å². The minimum Gasteiger partial charge on any atom is -0.356 e. The van der Waals surface area contributed by atoms with E-state index in [1.54, 1.807) is 0 Å². The van der Waals surface area contributed by atoms with Gasteiger partial charge in [0.25, 0.3) is 0 Å². The maximum atomic E-state index is 12.6. The molecule has 0 aromatic carbocycles. The summed E-state index contributed by atoms with van der Waals surface area (Å²) >= 11 is 3.51. The Morgan fingerprint density at radius 3 is 2.44 bits per heavy atom. The molecule has 2 saturated carbocycles. The molecule has 2 aliphatic rings. The van der Waals surface area contributed by atoms with E-state index < -0.39 is 5.41 Å². The Hall–Kier alpha value is -0.380. The minimum absolute atomic E-state index is 0.0470. The molecule has 2 bridgehead atoms. The molecule has 1 N–H and O–H groups in total. The van der Waals surface area contributed by atoms with Crippen LogP contribution in [-0.4, -0.2) is 23.1 Å². The quantitative estimate of drug-likeness (QED) is 0.814. The van der Waals surface area contributed by atoms with Gasteiger partial charge in [-0.25, -0.2) is 0 Å². The van der Waals surface area contributed by atoms with Gasteiger partial charge < -0.3 is 5.32 Å². The first-order chi connectivity index (χ1) is 8.25. The molecule has 102 valence electrons. The van der Waals surface area contributed by atoms with Gasteiger partial charge in [-0.3, -0.25) is 9.59 Å². The minimum atomic E-state index is -0.575. The van der Waals surface area contributed by atoms with Crippen molar-refractivity contribution in [3.05, 3.63) is 0 Å². The van der Waals surface area contributed by atoms with Crippen molar-refractivity contribution in [2.24, 2.45) is 16.2 Å². The average Bonchev–Trinajstić information content (AvgIpc) is 2.59. The smallest absolute Gasteiger partial charge is 0.228 e. The largest absolute Gasteiger partial charge is 0.356 e. The highest BCUT2D eigenvalue weighted by Crippen LogP contribution is 2.72. The summed E-state index contributed by atoms with van der Waals surface area (Å²) in [6.45, 7) is 8.88. The van der Waals surface area contributed by atoms with Crippen LogP contribution < -0.4 is 5.32 Å². The van der Waals surface area contributed by atoms with Gasteiger partial charge in [-0.15, -0.1) is 0 Å². The molecule has 0 aliphatic heterocycles. The lowest BCUT2D eigenvalue weighted by atomic mass is 9.64. The first-order valence-electron chi connectivity index (χ1n) is 6.72. The lowest BCUT2D eigenvalue weighted by Crippen LogP contribution is -2.50. The second-order valence-electron chi connectivity index (χ2n) is 6.41. The Morgan fingerprint density at radius 1 is 1.39 bits per heavy atom. The Bertz CT molecular complexity index is 407. The van der Waals surface area contributed by atoms with Crippen LogP contribution in [0.25, 0.3) is 0 Å². The van der Waals surface area contributed by atoms with Crippen LogP contribution >= 0.6 is 15.9 Å². The number of carbonyl (C=O) groups excluding carboxylic acids is 2. The van der Waals surface area contributed by atoms with Gasteiger partial charge in [0.15, 0.2) is 5.78 Å². The highest BCUT2D eigenvalue weighted by atomic mass is 79.9. The van der Waals surface area contributed by atoms with Crippen LogP contribution in [0.1, 0.15) is 47.0 Å². The van der Waals surface area contributed by atoms with Crippen molar-refractivity contribution in [3.63, 3.8) is 0 Å². The number of carbonyl (C=O) groups is 2. The van der Waals surface area contributed by atoms with Gasteiger partial charge in [0.05, 0.1) is 10.2 Å². The first-order valence-corrected chi connectivity index (χ1v) is 7.64. The molecule has 0 aromatic rings. The molecule has 0 saturated heterocycles. The summed E-state index contributed by atoms with van der Waals surface area (Å²) in [4.78, 5) is 24.7. The van der Waals surface area contributed by atoms with E-state index in [0.29, 0.717) is 6.54 Å². The van der Waals surface area contributed by atoms with Gasteiger partial charge in [-0.1, -0.05) is 43.6 Å². The van der Waals surface area contributed by atoms with E-state index in [4.69, 9.17) is 0 Å². The highest BCUT2D eigenvalue weighted by Gasteiger charge is 2.76. The number of hydrogen-bond acceptors (Lipinski definition) is 2. The molecule has 0 heterocycles. The van der Waals surface area contributed by atoms with Crippen molar-refractivity contribution in [2.75, 3.05) is 6.54 Å². The Morgan fingerprint density at radius 2 is 2.00 bits per heavy atom. The molecular weight excluding hydrogens is 294 g/mol. The Labute approximate surface area is 117 Å². The molecule has 2 rings (SSSR count). The molecule has 0 unspecified atom stereocenters. The van der Waals surface area contributed by atoms with Gasteiger partial charge in [0, 0.05) is 12.0 Å². The third-order valence-electron chi connectivity index (χ3n) is 5.66. The Balaban J connectivity index is 2.43. The van der Waals surface area contributed by atoms with E-state index in [1.807, 2.05) is 13.8 Å². The van der Waals surface area contributed by atoms with Crippen LogP contribution in [0.4, 0.5) is 0 Å². The van der Waals surface area contributed by atoms with E-state index in [9.17, 15) is 9.59 Å². The van der Waals surface area contributed by atoms with Gasteiger partial charge >= 0.3 is 0 Å². The fourth-order valence-corrected chi connectivity index (χ4v) is 5.37. The third-order valence-corrected chi connectivity index (χ3v) is 6.86. The summed E-state index contributed by atoms with van der Waals surface area (Å²) in [5.41, 5.74) is -1.23. The highest BCUT2D eigenvalue weighted by molar-refractivity contribution is 9.10. The van der Waals surface area contributed by atoms with Gasteiger partial charge in [-0.2, -0.15) is 0 Å². The first kappa shape index (κ1) is 14.0. The molecule has 0 radical (unpaired) electrons. The van der Waals surface area contributed by atoms with Crippen LogP contribution in [0, 0.1) is 16.2 Å². The summed E-state index contributed by atoms with van der Waals surface area (Å²) in [5.74, 6) is 0.246. The summed E-state index contributed by atoms with van der Waals surface area (Å²) < 4.78 is 0. The Kier molecular flexibility index (Phi) is 3.16. The van der Waals surface area contributed by atoms with Crippen molar-refractivity contribution >= 4 is 27.6 Å². The van der Waals surface area contributed by atoms with Crippen molar-refractivity contribution < 1.29 is 9.59 Å². The zero-order chi connectivity index (χ0) is 13.8. The van der Waals surface area contributed by atoms with Crippen LogP contribution in [0.2, 0.25) is 0 Å². The monoisotopic (exact) mass is 315 g/mol. The molecule has 3 atom stereocenters. The molecule has 4 heteroatoms. The number of fused-ring (bicyclic) bond motifs is 2. The number of rotatable bonds is 3. The molecule has 0 aromatic heterocycles. The van der Waals surface area contributed by atoms with E-state index in [-0.39, 0.29) is 27.3 Å². The molecule has 3 nitrogen and oxygen atoms in total. The van der Waals surface area contributed by atoms with Gasteiger partial charge in [-0.05, 0) is 24.7 Å². The fraction of sp³-hybridized carbons (Fsp3) is 0.857. The number of ketones is 1. The summed E-state index contributed by atoms with van der Waals surface area (Å²) in [7, 11) is 0. The fourth-order valence-electron chi connectivity index (χ4n) is 3.85. The van der Waals surface area contributed by atoms with Crippen LogP contribution in [0.5, 0.6) is 0 Å². The topological polar surface area (TPSA) is 46.2 Å². The van der Waals surface area contributed by atoms with E-state index in [0.717, 1.165) is 19.3 Å². The van der Waals surface area contributed by atoms with Crippen LogP contribution in [0.3, 0.4) is 0 Å². The third kappa shape index (κ3) is 1.30. The van der Waals surface area contributed by atoms with Crippen molar-refractivity contribution in [1.82, 2.24) is 5.32 Å². The number of hydrogen-bond donors (Lipinski definition) is 1.